The summed E-state index contributed by atoms with van der Waals surface area (Å²) in [6.07, 6.45) is 0.338. The number of pyridine rings is 1. The summed E-state index contributed by atoms with van der Waals surface area (Å²) in [5.41, 5.74) is 4.47. The topological polar surface area (TPSA) is 143 Å². The Hall–Kier alpha value is -4.84. The number of hydrogen-bond donors (Lipinski definition) is 3. The molecule has 43 heavy (non-hydrogen) atoms. The molecule has 3 heterocycles. The lowest BCUT2D eigenvalue weighted by molar-refractivity contribution is -0.131. The Balaban J connectivity index is 1.16. The first-order valence-corrected chi connectivity index (χ1v) is 14.9. The third kappa shape index (κ3) is 7.52. The van der Waals surface area contributed by atoms with Gasteiger partial charge in [0.25, 0.3) is 17.7 Å². The van der Waals surface area contributed by atoms with Crippen molar-refractivity contribution in [1.82, 2.24) is 31.0 Å². The molecule has 0 radical (unpaired) electrons. The second kappa shape index (κ2) is 13.4. The lowest BCUT2D eigenvalue weighted by atomic mass is 10.0. The Morgan fingerprint density at radius 1 is 0.977 bits per heavy atom. The lowest BCUT2D eigenvalue weighted by Gasteiger charge is -2.19. The Morgan fingerprint density at radius 3 is 2.53 bits per heavy atom. The highest BCUT2D eigenvalue weighted by Crippen LogP contribution is 2.25. The standard InChI is InChI=1S/C31H32N6O5S/c1-19(2)16-25(35-31(41)42-17-20-8-4-3-5-9-20)29-34-26(18-43-29)28(39)36-37-15-14-24(30(37)40)33-27(38)23-13-12-21-10-6-7-11-22(21)32-23/h3-13,18-19,24-25H,14-17H2,1-2H3,(H,33,38)(H,35,41)(H,36,39)/t24-,25+/m1/s1. The van der Waals surface area contributed by atoms with Crippen LogP contribution in [0.25, 0.3) is 10.9 Å². The lowest BCUT2D eigenvalue weighted by Crippen LogP contribution is -2.48. The van der Waals surface area contributed by atoms with Gasteiger partial charge in [-0.3, -0.25) is 24.8 Å². The van der Waals surface area contributed by atoms with E-state index in [0.29, 0.717) is 23.4 Å². The summed E-state index contributed by atoms with van der Waals surface area (Å²) in [4.78, 5) is 60.1. The molecule has 2 atom stereocenters. The number of hydrazine groups is 1. The van der Waals surface area contributed by atoms with Crippen LogP contribution in [0.3, 0.4) is 0 Å². The van der Waals surface area contributed by atoms with E-state index in [2.05, 4.69) is 26.0 Å². The third-order valence-corrected chi connectivity index (χ3v) is 7.80. The number of alkyl carbamates (subject to hydrolysis) is 1. The molecule has 5 rings (SSSR count). The van der Waals surface area contributed by atoms with Gasteiger partial charge in [0.1, 0.15) is 29.0 Å². The molecule has 0 aliphatic carbocycles. The van der Waals surface area contributed by atoms with Crippen LogP contribution in [-0.2, 0) is 16.1 Å². The fraction of sp³-hybridized carbons (Fsp3) is 0.290. The monoisotopic (exact) mass is 600 g/mol. The van der Waals surface area contributed by atoms with Crippen LogP contribution in [0, 0.1) is 5.92 Å². The van der Waals surface area contributed by atoms with E-state index < -0.39 is 35.9 Å². The highest BCUT2D eigenvalue weighted by molar-refractivity contribution is 7.09. The number of ether oxygens (including phenoxy) is 1. The van der Waals surface area contributed by atoms with Gasteiger partial charge in [0, 0.05) is 17.3 Å². The highest BCUT2D eigenvalue weighted by atomic mass is 32.1. The summed E-state index contributed by atoms with van der Waals surface area (Å²) in [6.45, 7) is 4.41. The van der Waals surface area contributed by atoms with E-state index in [9.17, 15) is 19.2 Å². The van der Waals surface area contributed by atoms with E-state index in [4.69, 9.17) is 4.74 Å². The van der Waals surface area contributed by atoms with Crippen LogP contribution in [0.5, 0.6) is 0 Å². The van der Waals surface area contributed by atoms with E-state index >= 15 is 0 Å². The largest absolute Gasteiger partial charge is 0.445 e. The maximum atomic E-state index is 13.0. The second-order valence-corrected chi connectivity index (χ2v) is 11.5. The molecule has 1 aliphatic rings. The zero-order valence-electron chi connectivity index (χ0n) is 23.8. The van der Waals surface area contributed by atoms with E-state index in [1.807, 2.05) is 68.4 Å². The molecule has 4 amide bonds. The smallest absolute Gasteiger partial charge is 0.408 e. The molecule has 3 N–H and O–H groups in total. The Labute approximate surface area is 252 Å². The Morgan fingerprint density at radius 2 is 1.74 bits per heavy atom. The average Bonchev–Trinajstić information content (AvgIpc) is 3.63. The maximum Gasteiger partial charge on any atom is 0.408 e. The number of benzene rings is 2. The summed E-state index contributed by atoms with van der Waals surface area (Å²) in [5.74, 6) is -1.22. The van der Waals surface area contributed by atoms with Crippen molar-refractivity contribution in [1.29, 1.82) is 0 Å². The van der Waals surface area contributed by atoms with Gasteiger partial charge in [-0.1, -0.05) is 68.4 Å². The number of carbonyl (C=O) groups is 4. The first-order chi connectivity index (χ1) is 20.8. The van der Waals surface area contributed by atoms with Gasteiger partial charge in [-0.05, 0) is 36.5 Å². The Kier molecular flexibility index (Phi) is 9.26. The van der Waals surface area contributed by atoms with Gasteiger partial charge in [-0.2, -0.15) is 0 Å². The molecule has 2 aromatic heterocycles. The van der Waals surface area contributed by atoms with Crippen molar-refractivity contribution in [3.63, 3.8) is 0 Å². The number of fused-ring (bicyclic) bond motifs is 1. The summed E-state index contributed by atoms with van der Waals surface area (Å²) >= 11 is 1.24. The van der Waals surface area contributed by atoms with E-state index in [1.165, 1.54) is 16.3 Å². The molecule has 0 spiro atoms. The maximum absolute atomic E-state index is 13.0. The van der Waals surface area contributed by atoms with Gasteiger partial charge < -0.3 is 15.4 Å². The fourth-order valence-electron chi connectivity index (χ4n) is 4.68. The first kappa shape index (κ1) is 29.6. The van der Waals surface area contributed by atoms with Crippen molar-refractivity contribution >= 4 is 46.1 Å². The number of thiazole rings is 1. The van der Waals surface area contributed by atoms with E-state index in [-0.39, 0.29) is 30.5 Å². The molecular weight excluding hydrogens is 568 g/mol. The number of amides is 4. The van der Waals surface area contributed by atoms with Crippen LogP contribution in [0.1, 0.15) is 64.3 Å². The van der Waals surface area contributed by atoms with E-state index in [1.54, 1.807) is 17.5 Å². The molecule has 0 unspecified atom stereocenters. The predicted molar refractivity (Wildman–Crippen MR) is 161 cm³/mol. The summed E-state index contributed by atoms with van der Waals surface area (Å²) in [5, 5.41) is 9.81. The molecule has 4 aromatic rings. The molecule has 0 saturated carbocycles. The van der Waals surface area contributed by atoms with Gasteiger partial charge in [0.2, 0.25) is 0 Å². The Bertz CT molecular complexity index is 1630. The molecule has 1 aliphatic heterocycles. The van der Waals surface area contributed by atoms with Crippen molar-refractivity contribution in [2.45, 2.75) is 45.4 Å². The van der Waals surface area contributed by atoms with Crippen LogP contribution in [-0.4, -0.2) is 51.4 Å². The van der Waals surface area contributed by atoms with Crippen LogP contribution in [0.2, 0.25) is 0 Å². The zero-order valence-corrected chi connectivity index (χ0v) is 24.6. The number of nitrogens with one attached hydrogen (secondary N) is 3. The number of aromatic nitrogens is 2. The summed E-state index contributed by atoms with van der Waals surface area (Å²) < 4.78 is 5.37. The summed E-state index contributed by atoms with van der Waals surface area (Å²) in [6, 6.07) is 19.0. The second-order valence-electron chi connectivity index (χ2n) is 10.6. The molecule has 2 aromatic carbocycles. The van der Waals surface area contributed by atoms with Crippen molar-refractivity contribution in [2.24, 2.45) is 5.92 Å². The number of nitrogens with zero attached hydrogens (tertiary/aromatic N) is 3. The van der Waals surface area contributed by atoms with E-state index in [0.717, 1.165) is 10.9 Å². The minimum Gasteiger partial charge on any atom is -0.445 e. The van der Waals surface area contributed by atoms with Crippen molar-refractivity contribution < 1.29 is 23.9 Å². The fourth-order valence-corrected chi connectivity index (χ4v) is 5.54. The molecule has 12 heteroatoms. The molecule has 0 bridgehead atoms. The molecule has 11 nitrogen and oxygen atoms in total. The van der Waals surface area contributed by atoms with Gasteiger partial charge in [-0.25, -0.2) is 14.8 Å². The first-order valence-electron chi connectivity index (χ1n) is 14.0. The van der Waals surface area contributed by atoms with Crippen LogP contribution >= 0.6 is 11.3 Å². The predicted octanol–water partition coefficient (Wildman–Crippen LogP) is 4.38. The van der Waals surface area contributed by atoms with Crippen LogP contribution in [0.15, 0.2) is 72.1 Å². The van der Waals surface area contributed by atoms with Gasteiger partial charge in [0.15, 0.2) is 0 Å². The highest BCUT2D eigenvalue weighted by Gasteiger charge is 2.35. The number of para-hydroxylation sites is 1. The number of hydrogen-bond acceptors (Lipinski definition) is 8. The number of carbonyl (C=O) groups excluding carboxylic acids is 4. The molecule has 1 saturated heterocycles. The molecule has 1 fully saturated rings. The van der Waals surface area contributed by atoms with Crippen LogP contribution < -0.4 is 16.1 Å². The number of rotatable bonds is 10. The van der Waals surface area contributed by atoms with Gasteiger partial charge >= 0.3 is 6.09 Å². The summed E-state index contributed by atoms with van der Waals surface area (Å²) in [7, 11) is 0. The zero-order chi connectivity index (χ0) is 30.3. The van der Waals surface area contributed by atoms with Crippen LogP contribution in [0.4, 0.5) is 4.79 Å². The molecular formula is C31H32N6O5S. The minimum absolute atomic E-state index is 0.119. The third-order valence-electron chi connectivity index (χ3n) is 6.84. The SMILES string of the molecule is CC(C)C[C@H](NC(=O)OCc1ccccc1)c1nc(C(=O)NN2CC[C@@H](NC(=O)c3ccc4ccccc4n3)C2=O)cs1. The normalized spacial score (nSPS) is 15.4. The molecule has 222 valence electrons. The van der Waals surface area contributed by atoms with Crippen molar-refractivity contribution in [3.8, 4) is 0 Å². The van der Waals surface area contributed by atoms with Crippen molar-refractivity contribution in [2.75, 3.05) is 6.54 Å². The minimum atomic E-state index is -0.798. The van der Waals surface area contributed by atoms with Gasteiger partial charge in [0.05, 0.1) is 11.6 Å². The van der Waals surface area contributed by atoms with Gasteiger partial charge in [-0.15, -0.1) is 11.3 Å². The quantitative estimate of drug-likeness (QED) is 0.245. The average molecular weight is 601 g/mol. The van der Waals surface area contributed by atoms with Crippen molar-refractivity contribution in [3.05, 3.63) is 94.1 Å².